The van der Waals surface area contributed by atoms with Gasteiger partial charge in [-0.1, -0.05) is 0 Å². The van der Waals surface area contributed by atoms with Crippen LogP contribution in [0.3, 0.4) is 0 Å². The molecule has 1 N–H and O–H groups in total. The van der Waals surface area contributed by atoms with Gasteiger partial charge in [0.15, 0.2) is 0 Å². The molecule has 1 aliphatic heterocycles. The second-order valence-electron chi connectivity index (χ2n) is 3.64. The van der Waals surface area contributed by atoms with Crippen molar-refractivity contribution in [1.82, 2.24) is 4.90 Å². The lowest BCUT2D eigenvalue weighted by Gasteiger charge is -2.29. The number of likely N-dealkylation sites (tertiary alicyclic amines) is 1. The number of carbonyl (C=O) groups is 1. The lowest BCUT2D eigenvalue weighted by atomic mass is 9.87. The number of alkyl halides is 4. The predicted octanol–water partition coefficient (Wildman–Crippen LogP) is 0.998. The highest BCUT2D eigenvalue weighted by Crippen LogP contribution is 2.44. The van der Waals surface area contributed by atoms with Crippen LogP contribution in [0.5, 0.6) is 0 Å². The minimum atomic E-state index is -4.50. The second-order valence-corrected chi connectivity index (χ2v) is 3.90. The van der Waals surface area contributed by atoms with E-state index in [1.54, 1.807) is 0 Å². The Morgan fingerprint density at radius 3 is 2.47 bits per heavy atom. The Labute approximate surface area is 89.8 Å². The molecule has 0 spiro atoms. The number of hydrogen-bond donors (Lipinski definition) is 1. The highest BCUT2D eigenvalue weighted by atomic mass is 35.5. The number of amides is 1. The van der Waals surface area contributed by atoms with Crippen molar-refractivity contribution >= 4 is 17.5 Å². The second kappa shape index (κ2) is 4.17. The largest absolute Gasteiger partial charge is 0.398 e. The fourth-order valence-electron chi connectivity index (χ4n) is 1.62. The molecular formula is C8H11ClF3NO2. The molecule has 0 aromatic heterocycles. The predicted molar refractivity (Wildman–Crippen MR) is 47.5 cm³/mol. The molecule has 88 valence electrons. The molecule has 1 heterocycles. The third-order valence-corrected chi connectivity index (χ3v) is 2.95. The van der Waals surface area contributed by atoms with Crippen molar-refractivity contribution in [3.8, 4) is 0 Å². The van der Waals surface area contributed by atoms with E-state index in [1.165, 1.54) is 0 Å². The van der Waals surface area contributed by atoms with Crippen molar-refractivity contribution < 1.29 is 23.1 Å². The van der Waals surface area contributed by atoms with Gasteiger partial charge in [0.05, 0.1) is 6.61 Å². The highest BCUT2D eigenvalue weighted by molar-refractivity contribution is 6.27. The number of aliphatic hydroxyl groups is 1. The first kappa shape index (κ1) is 12.6. The van der Waals surface area contributed by atoms with E-state index in [0.717, 1.165) is 4.90 Å². The Morgan fingerprint density at radius 1 is 1.53 bits per heavy atom. The van der Waals surface area contributed by atoms with Crippen LogP contribution in [0, 0.1) is 5.41 Å². The molecule has 0 radical (unpaired) electrons. The average molecular weight is 246 g/mol. The minimum Gasteiger partial charge on any atom is -0.395 e. The normalized spacial score (nSPS) is 27.1. The standard InChI is InChI=1S/C8H11ClF3NO2/c9-3-6(15)13-2-1-7(4-13,5-14)8(10,11)12/h14H,1-5H2. The third kappa shape index (κ3) is 2.20. The molecule has 3 nitrogen and oxygen atoms in total. The van der Waals surface area contributed by atoms with Crippen LogP contribution in [0.2, 0.25) is 0 Å². The SMILES string of the molecule is O=C(CCl)N1CCC(CO)(C(F)(F)F)C1. The summed E-state index contributed by atoms with van der Waals surface area (Å²) in [5.41, 5.74) is -2.17. The van der Waals surface area contributed by atoms with Gasteiger partial charge in [-0.2, -0.15) is 13.2 Å². The number of hydrogen-bond acceptors (Lipinski definition) is 2. The fourth-order valence-corrected chi connectivity index (χ4v) is 1.79. The molecule has 1 atom stereocenters. The summed E-state index contributed by atoms with van der Waals surface area (Å²) in [6.07, 6.45) is -4.77. The Bertz CT molecular complexity index is 259. The van der Waals surface area contributed by atoms with Gasteiger partial charge >= 0.3 is 6.18 Å². The monoisotopic (exact) mass is 245 g/mol. The van der Waals surface area contributed by atoms with Gasteiger partial charge in [0.25, 0.3) is 0 Å². The minimum absolute atomic E-state index is 0.00831. The van der Waals surface area contributed by atoms with Gasteiger partial charge in [0, 0.05) is 13.1 Å². The highest BCUT2D eigenvalue weighted by Gasteiger charge is 2.58. The Morgan fingerprint density at radius 2 is 2.13 bits per heavy atom. The third-order valence-electron chi connectivity index (χ3n) is 2.72. The molecule has 1 aliphatic rings. The van der Waals surface area contributed by atoms with Crippen LogP contribution in [0.15, 0.2) is 0 Å². The number of aliphatic hydroxyl groups excluding tert-OH is 1. The maximum Gasteiger partial charge on any atom is 0.398 e. The van der Waals surface area contributed by atoms with Crippen molar-refractivity contribution in [2.24, 2.45) is 5.41 Å². The fraction of sp³-hybridized carbons (Fsp3) is 0.875. The van der Waals surface area contributed by atoms with Crippen LogP contribution in [0.4, 0.5) is 13.2 Å². The molecule has 0 aliphatic carbocycles. The lowest BCUT2D eigenvalue weighted by Crippen LogP contribution is -2.44. The van der Waals surface area contributed by atoms with Crippen molar-refractivity contribution in [1.29, 1.82) is 0 Å². The summed E-state index contributed by atoms with van der Waals surface area (Å²) in [7, 11) is 0. The Kier molecular flexibility index (Phi) is 3.50. The number of rotatable bonds is 2. The zero-order valence-corrected chi connectivity index (χ0v) is 8.61. The number of nitrogens with zero attached hydrogens (tertiary/aromatic N) is 1. The van der Waals surface area contributed by atoms with E-state index in [1.807, 2.05) is 0 Å². The summed E-state index contributed by atoms with van der Waals surface area (Å²) in [6, 6.07) is 0. The molecule has 1 amide bonds. The van der Waals surface area contributed by atoms with Crippen LogP contribution in [-0.2, 0) is 4.79 Å². The Hall–Kier alpha value is -0.490. The smallest absolute Gasteiger partial charge is 0.395 e. The van der Waals surface area contributed by atoms with Crippen LogP contribution in [-0.4, -0.2) is 47.7 Å². The van der Waals surface area contributed by atoms with Gasteiger partial charge in [0.1, 0.15) is 11.3 Å². The van der Waals surface area contributed by atoms with E-state index in [0.29, 0.717) is 0 Å². The molecule has 15 heavy (non-hydrogen) atoms. The van der Waals surface area contributed by atoms with Gasteiger partial charge < -0.3 is 10.0 Å². The zero-order chi connectivity index (χ0) is 11.7. The van der Waals surface area contributed by atoms with Crippen LogP contribution in [0.1, 0.15) is 6.42 Å². The number of carbonyl (C=O) groups excluding carboxylic acids is 1. The van der Waals surface area contributed by atoms with E-state index < -0.39 is 30.7 Å². The molecule has 1 rings (SSSR count). The molecule has 0 aromatic rings. The van der Waals surface area contributed by atoms with Crippen LogP contribution in [0.25, 0.3) is 0 Å². The molecule has 1 unspecified atom stereocenters. The summed E-state index contributed by atoms with van der Waals surface area (Å²) < 4.78 is 37.9. The van der Waals surface area contributed by atoms with E-state index in [4.69, 9.17) is 16.7 Å². The molecule has 0 aromatic carbocycles. The van der Waals surface area contributed by atoms with E-state index >= 15 is 0 Å². The maximum absolute atomic E-state index is 12.6. The first-order valence-corrected chi connectivity index (χ1v) is 4.91. The van der Waals surface area contributed by atoms with Crippen molar-refractivity contribution in [3.63, 3.8) is 0 Å². The van der Waals surface area contributed by atoms with Crippen molar-refractivity contribution in [2.75, 3.05) is 25.6 Å². The Balaban J connectivity index is 2.78. The van der Waals surface area contributed by atoms with Gasteiger partial charge in [-0.05, 0) is 6.42 Å². The molecular weight excluding hydrogens is 235 g/mol. The van der Waals surface area contributed by atoms with Gasteiger partial charge in [-0.3, -0.25) is 4.79 Å². The van der Waals surface area contributed by atoms with Crippen LogP contribution >= 0.6 is 11.6 Å². The molecule has 0 bridgehead atoms. The summed E-state index contributed by atoms with van der Waals surface area (Å²) >= 11 is 5.25. The molecule has 1 saturated heterocycles. The number of halogens is 4. The van der Waals surface area contributed by atoms with E-state index in [-0.39, 0.29) is 18.8 Å². The summed E-state index contributed by atoms with van der Waals surface area (Å²) in [5, 5.41) is 8.83. The summed E-state index contributed by atoms with van der Waals surface area (Å²) in [5.74, 6) is -0.865. The van der Waals surface area contributed by atoms with Gasteiger partial charge in [0.2, 0.25) is 5.91 Å². The molecule has 1 fully saturated rings. The lowest BCUT2D eigenvalue weighted by molar-refractivity contribution is -0.230. The first-order chi connectivity index (χ1) is 6.86. The van der Waals surface area contributed by atoms with Gasteiger partial charge in [-0.25, -0.2) is 0 Å². The topological polar surface area (TPSA) is 40.5 Å². The maximum atomic E-state index is 12.6. The quantitative estimate of drug-likeness (QED) is 0.738. The average Bonchev–Trinajstić information content (AvgIpc) is 2.61. The van der Waals surface area contributed by atoms with Crippen LogP contribution < -0.4 is 0 Å². The molecule has 0 saturated carbocycles. The van der Waals surface area contributed by atoms with E-state index in [2.05, 4.69) is 0 Å². The van der Waals surface area contributed by atoms with E-state index in [9.17, 15) is 18.0 Å². The molecule has 7 heteroatoms. The summed E-state index contributed by atoms with van der Waals surface area (Å²) in [6.45, 7) is -1.51. The van der Waals surface area contributed by atoms with Gasteiger partial charge in [-0.15, -0.1) is 11.6 Å². The zero-order valence-electron chi connectivity index (χ0n) is 7.85. The first-order valence-electron chi connectivity index (χ1n) is 4.37. The van der Waals surface area contributed by atoms with Crippen molar-refractivity contribution in [3.05, 3.63) is 0 Å². The summed E-state index contributed by atoms with van der Waals surface area (Å²) in [4.78, 5) is 12.1. The van der Waals surface area contributed by atoms with Crippen molar-refractivity contribution in [2.45, 2.75) is 12.6 Å².